The van der Waals surface area contributed by atoms with Gasteiger partial charge in [-0.05, 0) is 38.4 Å². The second-order valence-electron chi connectivity index (χ2n) is 6.16. The lowest BCUT2D eigenvalue weighted by Crippen LogP contribution is -2.46. The van der Waals surface area contributed by atoms with Crippen LogP contribution in [0.1, 0.15) is 25.6 Å². The van der Waals surface area contributed by atoms with E-state index in [1.54, 1.807) is 11.1 Å². The maximum atomic E-state index is 12.1. The summed E-state index contributed by atoms with van der Waals surface area (Å²) in [4.78, 5) is 14.6. The van der Waals surface area contributed by atoms with Crippen molar-refractivity contribution in [3.8, 4) is 0 Å². The highest BCUT2D eigenvalue weighted by Crippen LogP contribution is 2.36. The van der Waals surface area contributed by atoms with Crippen LogP contribution >= 0.6 is 11.5 Å². The van der Waals surface area contributed by atoms with Gasteiger partial charge in [0.1, 0.15) is 5.60 Å². The van der Waals surface area contributed by atoms with Gasteiger partial charge in [0, 0.05) is 36.7 Å². The molecule has 0 saturated carbocycles. The van der Waals surface area contributed by atoms with E-state index >= 15 is 0 Å². The van der Waals surface area contributed by atoms with Crippen molar-refractivity contribution in [1.82, 2.24) is 9.27 Å². The first kappa shape index (κ1) is 15.2. The van der Waals surface area contributed by atoms with E-state index in [2.05, 4.69) is 4.37 Å². The van der Waals surface area contributed by atoms with Crippen LogP contribution in [-0.4, -0.2) is 45.8 Å². The van der Waals surface area contributed by atoms with Gasteiger partial charge in [0.2, 0.25) is 0 Å². The molecule has 0 aromatic carbocycles. The van der Waals surface area contributed by atoms with Crippen LogP contribution in [0.3, 0.4) is 0 Å². The maximum absolute atomic E-state index is 12.1. The number of aliphatic hydroxyl groups excluding tert-OH is 1. The maximum Gasteiger partial charge on any atom is 0.410 e. The number of hydrogen-bond donors (Lipinski definition) is 2. The molecule has 1 saturated heterocycles. The average Bonchev–Trinajstić information content (AvgIpc) is 2.94. The predicted octanol–water partition coefficient (Wildman–Crippen LogP) is 1.16. The average molecular weight is 299 g/mol. The Morgan fingerprint density at radius 2 is 2.40 bits per heavy atom. The molecule has 2 rings (SSSR count). The van der Waals surface area contributed by atoms with Crippen molar-refractivity contribution in [2.24, 2.45) is 11.7 Å². The van der Waals surface area contributed by atoms with E-state index < -0.39 is 17.2 Å². The van der Waals surface area contributed by atoms with Crippen LogP contribution in [0.25, 0.3) is 0 Å². The summed E-state index contributed by atoms with van der Waals surface area (Å²) in [5, 5.41) is 9.56. The molecule has 112 valence electrons. The van der Waals surface area contributed by atoms with Crippen molar-refractivity contribution in [2.45, 2.75) is 31.9 Å². The van der Waals surface area contributed by atoms with Gasteiger partial charge in [-0.15, -0.1) is 0 Å². The molecule has 0 spiro atoms. The lowest BCUT2D eigenvalue weighted by Gasteiger charge is -2.28. The first-order valence-corrected chi connectivity index (χ1v) is 7.32. The Bertz CT molecular complexity index is 472. The smallest absolute Gasteiger partial charge is 0.410 e. The second-order valence-corrected chi connectivity index (χ2v) is 6.99. The highest BCUT2D eigenvalue weighted by atomic mass is 32.1. The highest BCUT2D eigenvalue weighted by Gasteiger charge is 2.48. The van der Waals surface area contributed by atoms with E-state index in [1.165, 1.54) is 11.5 Å². The summed E-state index contributed by atoms with van der Waals surface area (Å²) in [6.07, 6.45) is 1.28. The molecule has 0 aliphatic carbocycles. The topological polar surface area (TPSA) is 88.7 Å². The molecule has 20 heavy (non-hydrogen) atoms. The van der Waals surface area contributed by atoms with Gasteiger partial charge >= 0.3 is 6.09 Å². The summed E-state index contributed by atoms with van der Waals surface area (Å²) >= 11 is 1.30. The number of amides is 1. The second kappa shape index (κ2) is 5.31. The fourth-order valence-corrected chi connectivity index (χ4v) is 3.12. The zero-order chi connectivity index (χ0) is 15.0. The molecule has 0 unspecified atom stereocenters. The van der Waals surface area contributed by atoms with Crippen LogP contribution in [0.2, 0.25) is 0 Å². The first-order valence-electron chi connectivity index (χ1n) is 6.55. The fraction of sp³-hybridized carbons (Fsp3) is 0.692. The van der Waals surface area contributed by atoms with Crippen LogP contribution in [0, 0.1) is 5.92 Å². The molecule has 1 aromatic heterocycles. The van der Waals surface area contributed by atoms with Gasteiger partial charge in [-0.25, -0.2) is 9.17 Å². The van der Waals surface area contributed by atoms with E-state index in [9.17, 15) is 9.90 Å². The number of hydrogen-bond acceptors (Lipinski definition) is 6. The third-order valence-electron chi connectivity index (χ3n) is 3.39. The summed E-state index contributed by atoms with van der Waals surface area (Å²) < 4.78 is 9.42. The SMILES string of the molecule is CC(C)(C)OC(=O)N1C[C@H](CO)[C@](N)(c2ccns2)C1. The summed E-state index contributed by atoms with van der Waals surface area (Å²) in [5.41, 5.74) is 5.13. The van der Waals surface area contributed by atoms with Crippen molar-refractivity contribution >= 4 is 17.6 Å². The van der Waals surface area contributed by atoms with E-state index in [1.807, 2.05) is 26.8 Å². The zero-order valence-electron chi connectivity index (χ0n) is 12.0. The minimum Gasteiger partial charge on any atom is -0.444 e. The van der Waals surface area contributed by atoms with E-state index in [-0.39, 0.29) is 12.5 Å². The number of aliphatic hydroxyl groups is 1. The molecular formula is C13H21N3O3S. The quantitative estimate of drug-likeness (QED) is 0.855. The normalized spacial score (nSPS) is 26.9. The van der Waals surface area contributed by atoms with Crippen molar-refractivity contribution in [1.29, 1.82) is 0 Å². The van der Waals surface area contributed by atoms with Crippen molar-refractivity contribution in [3.05, 3.63) is 17.1 Å². The van der Waals surface area contributed by atoms with Crippen molar-refractivity contribution in [3.63, 3.8) is 0 Å². The molecule has 1 fully saturated rings. The number of carbonyl (C=O) groups excluding carboxylic acids is 1. The van der Waals surface area contributed by atoms with Crippen molar-refractivity contribution in [2.75, 3.05) is 19.7 Å². The molecule has 6 nitrogen and oxygen atoms in total. The van der Waals surface area contributed by atoms with E-state index in [4.69, 9.17) is 10.5 Å². The number of aromatic nitrogens is 1. The largest absolute Gasteiger partial charge is 0.444 e. The lowest BCUT2D eigenvalue weighted by molar-refractivity contribution is 0.0279. The Labute approximate surface area is 122 Å². The summed E-state index contributed by atoms with van der Waals surface area (Å²) in [6.45, 7) is 6.11. The molecule has 2 atom stereocenters. The van der Waals surface area contributed by atoms with Gasteiger partial charge < -0.3 is 20.5 Å². The Balaban J connectivity index is 2.16. The lowest BCUT2D eigenvalue weighted by atomic mass is 9.87. The Hall–Kier alpha value is -1.18. The van der Waals surface area contributed by atoms with Crippen LogP contribution < -0.4 is 5.73 Å². The molecule has 1 aromatic rings. The highest BCUT2D eigenvalue weighted by molar-refractivity contribution is 7.05. The monoisotopic (exact) mass is 299 g/mol. The molecular weight excluding hydrogens is 278 g/mol. The standard InChI is InChI=1S/C13H21N3O3S/c1-12(2,3)19-11(18)16-6-9(7-17)13(14,8-16)10-4-5-15-20-10/h4-5,9,17H,6-8,14H2,1-3H3/t9-,13+/m1/s1. The molecule has 3 N–H and O–H groups in total. The van der Waals surface area contributed by atoms with Gasteiger partial charge in [0.05, 0.1) is 5.54 Å². The molecule has 7 heteroatoms. The van der Waals surface area contributed by atoms with Crippen LogP contribution in [0.15, 0.2) is 12.3 Å². The van der Waals surface area contributed by atoms with Gasteiger partial charge in [-0.2, -0.15) is 0 Å². The van der Waals surface area contributed by atoms with Gasteiger partial charge in [0.15, 0.2) is 0 Å². The number of carbonyl (C=O) groups is 1. The third-order valence-corrected chi connectivity index (χ3v) is 4.33. The molecule has 1 amide bonds. The van der Waals surface area contributed by atoms with Gasteiger partial charge in [0.25, 0.3) is 0 Å². The molecule has 1 aliphatic rings. The molecule has 2 heterocycles. The minimum atomic E-state index is -0.757. The third kappa shape index (κ3) is 2.94. The number of ether oxygens (including phenoxy) is 1. The zero-order valence-corrected chi connectivity index (χ0v) is 12.8. The number of nitrogens with two attached hydrogens (primary N) is 1. The Morgan fingerprint density at radius 3 is 2.90 bits per heavy atom. The van der Waals surface area contributed by atoms with Gasteiger partial charge in [-0.3, -0.25) is 0 Å². The molecule has 0 bridgehead atoms. The predicted molar refractivity (Wildman–Crippen MR) is 76.4 cm³/mol. The molecule has 1 aliphatic heterocycles. The van der Waals surface area contributed by atoms with Crippen molar-refractivity contribution < 1.29 is 14.6 Å². The number of likely N-dealkylation sites (tertiary alicyclic amines) is 1. The number of rotatable bonds is 2. The van der Waals surface area contributed by atoms with Crippen LogP contribution in [-0.2, 0) is 10.3 Å². The van der Waals surface area contributed by atoms with Crippen LogP contribution in [0.4, 0.5) is 4.79 Å². The summed E-state index contributed by atoms with van der Waals surface area (Å²) in [6, 6.07) is 1.84. The fourth-order valence-electron chi connectivity index (χ4n) is 2.36. The first-order chi connectivity index (χ1) is 9.26. The van der Waals surface area contributed by atoms with Crippen LogP contribution in [0.5, 0.6) is 0 Å². The number of nitrogens with zero attached hydrogens (tertiary/aromatic N) is 2. The Kier molecular flexibility index (Phi) is 4.04. The van der Waals surface area contributed by atoms with E-state index in [0.29, 0.717) is 13.1 Å². The van der Waals surface area contributed by atoms with Gasteiger partial charge in [-0.1, -0.05) is 0 Å². The van der Waals surface area contributed by atoms with E-state index in [0.717, 1.165) is 4.88 Å². The Morgan fingerprint density at radius 1 is 1.70 bits per heavy atom. The summed E-state index contributed by atoms with van der Waals surface area (Å²) in [7, 11) is 0. The summed E-state index contributed by atoms with van der Waals surface area (Å²) in [5.74, 6) is -0.213. The molecule has 0 radical (unpaired) electrons. The minimum absolute atomic E-state index is 0.0757.